The van der Waals surface area contributed by atoms with E-state index in [1.807, 2.05) is 42.1 Å². The number of aliphatic hydroxyl groups excluding tert-OH is 1. The molecule has 2 aromatic carbocycles. The number of nitrogens with zero attached hydrogens (tertiary/aromatic N) is 3. The lowest BCUT2D eigenvalue weighted by Crippen LogP contribution is -2.42. The quantitative estimate of drug-likeness (QED) is 0.305. The van der Waals surface area contributed by atoms with Gasteiger partial charge in [0.2, 0.25) is 0 Å². The first-order chi connectivity index (χ1) is 19.5. The number of carboxylic acids is 1. The average Bonchev–Trinajstić information content (AvgIpc) is 2.92. The maximum absolute atomic E-state index is 13.9. The standard InChI is InChI=1S/C30H36F3N3O5/c1-35(2)25-18-34-24-5-4-20(40-3)16-21(24)28(25)26(37)6-7-30(17-27(38)39)8-10-36(11-9-30)12-13-41-29-22(32)14-19(31)15-23(29)33/h4-5,14-16,18,26,37H,6-13,17H2,1-3H3,(H,38,39)/t26-/m0/s1. The van der Waals surface area contributed by atoms with E-state index in [2.05, 4.69) is 4.98 Å². The molecule has 3 aromatic rings. The summed E-state index contributed by atoms with van der Waals surface area (Å²) >= 11 is 0. The van der Waals surface area contributed by atoms with E-state index >= 15 is 0 Å². The lowest BCUT2D eigenvalue weighted by molar-refractivity contribution is -0.141. The Balaban J connectivity index is 1.43. The average molecular weight is 576 g/mol. The van der Waals surface area contributed by atoms with E-state index in [1.165, 1.54) is 0 Å². The van der Waals surface area contributed by atoms with Gasteiger partial charge in [-0.1, -0.05) is 0 Å². The fraction of sp³-hybridized carbons (Fsp3) is 0.467. The molecular weight excluding hydrogens is 539 g/mol. The van der Waals surface area contributed by atoms with Gasteiger partial charge in [-0.05, 0) is 62.4 Å². The maximum atomic E-state index is 13.9. The molecule has 0 amide bonds. The Morgan fingerprint density at radius 3 is 2.44 bits per heavy atom. The molecule has 0 aliphatic carbocycles. The Hall–Kier alpha value is -3.57. The van der Waals surface area contributed by atoms with Gasteiger partial charge in [-0.2, -0.15) is 0 Å². The van der Waals surface area contributed by atoms with E-state index in [0.29, 0.717) is 63.2 Å². The number of benzene rings is 2. The van der Waals surface area contributed by atoms with Gasteiger partial charge in [0.1, 0.15) is 18.2 Å². The first kappa shape index (κ1) is 30.4. The normalized spacial score (nSPS) is 16.0. The SMILES string of the molecule is COc1ccc2ncc(N(C)C)c([C@@H](O)CCC3(CC(=O)O)CCN(CCOc4c(F)cc(F)cc4F)CC3)c2c1. The summed E-state index contributed by atoms with van der Waals surface area (Å²) in [6, 6.07) is 6.65. The van der Waals surface area contributed by atoms with Crippen molar-refractivity contribution in [3.63, 3.8) is 0 Å². The number of methoxy groups -OCH3 is 1. The summed E-state index contributed by atoms with van der Waals surface area (Å²) in [6.45, 7) is 1.51. The first-order valence-electron chi connectivity index (χ1n) is 13.6. The van der Waals surface area contributed by atoms with Gasteiger partial charge in [-0.25, -0.2) is 13.2 Å². The molecule has 2 heterocycles. The third-order valence-electron chi connectivity index (χ3n) is 7.92. The number of halogens is 3. The van der Waals surface area contributed by atoms with Crippen LogP contribution in [0.3, 0.4) is 0 Å². The first-order valence-corrected chi connectivity index (χ1v) is 13.6. The van der Waals surface area contributed by atoms with Crippen molar-refractivity contribution in [3.05, 3.63) is 59.5 Å². The molecule has 1 aliphatic heterocycles. The number of anilines is 1. The van der Waals surface area contributed by atoms with Crippen molar-refractivity contribution in [3.8, 4) is 11.5 Å². The zero-order chi connectivity index (χ0) is 29.7. The molecule has 0 unspecified atom stereocenters. The monoisotopic (exact) mass is 575 g/mol. The summed E-state index contributed by atoms with van der Waals surface area (Å²) in [5, 5.41) is 22.0. The number of aromatic nitrogens is 1. The second-order valence-electron chi connectivity index (χ2n) is 10.8. The van der Waals surface area contributed by atoms with Crippen molar-refractivity contribution in [1.82, 2.24) is 9.88 Å². The minimum Gasteiger partial charge on any atom is -0.497 e. The number of ether oxygens (including phenoxy) is 2. The third-order valence-corrected chi connectivity index (χ3v) is 7.92. The maximum Gasteiger partial charge on any atom is 0.303 e. The van der Waals surface area contributed by atoms with Gasteiger partial charge in [0.25, 0.3) is 0 Å². The van der Waals surface area contributed by atoms with Crippen LogP contribution in [0.25, 0.3) is 10.9 Å². The second-order valence-corrected chi connectivity index (χ2v) is 10.8. The molecule has 222 valence electrons. The van der Waals surface area contributed by atoms with Crippen LogP contribution >= 0.6 is 0 Å². The summed E-state index contributed by atoms with van der Waals surface area (Å²) in [5.41, 5.74) is 1.70. The molecule has 0 spiro atoms. The molecule has 0 saturated carbocycles. The summed E-state index contributed by atoms with van der Waals surface area (Å²) in [5.74, 6) is -4.08. The van der Waals surface area contributed by atoms with Crippen molar-refractivity contribution in [2.45, 2.75) is 38.2 Å². The fourth-order valence-corrected chi connectivity index (χ4v) is 5.63. The molecule has 2 N–H and O–H groups in total. The fourth-order valence-electron chi connectivity index (χ4n) is 5.63. The van der Waals surface area contributed by atoms with E-state index in [1.54, 1.807) is 13.3 Å². The third kappa shape index (κ3) is 7.20. The molecular formula is C30H36F3N3O5. The van der Waals surface area contributed by atoms with E-state index in [-0.39, 0.29) is 13.0 Å². The Labute approximate surface area is 237 Å². The number of aliphatic carboxylic acids is 1. The van der Waals surface area contributed by atoms with Gasteiger partial charge >= 0.3 is 5.97 Å². The highest BCUT2D eigenvalue weighted by Crippen LogP contribution is 2.43. The molecule has 1 aliphatic rings. The van der Waals surface area contributed by atoms with Crippen LogP contribution in [0.2, 0.25) is 0 Å². The number of piperidine rings is 1. The number of hydrogen-bond acceptors (Lipinski definition) is 7. The highest BCUT2D eigenvalue weighted by Gasteiger charge is 2.37. The lowest BCUT2D eigenvalue weighted by Gasteiger charge is -2.41. The van der Waals surface area contributed by atoms with Crippen LogP contribution in [-0.2, 0) is 4.79 Å². The summed E-state index contributed by atoms with van der Waals surface area (Å²) in [7, 11) is 5.33. The molecule has 4 rings (SSSR count). The van der Waals surface area contributed by atoms with Gasteiger partial charge in [0.15, 0.2) is 17.4 Å². The molecule has 1 fully saturated rings. The van der Waals surface area contributed by atoms with Crippen LogP contribution in [-0.4, -0.2) is 73.5 Å². The van der Waals surface area contributed by atoms with Crippen molar-refractivity contribution in [2.75, 3.05) is 52.3 Å². The molecule has 0 bridgehead atoms. The van der Waals surface area contributed by atoms with E-state index in [0.717, 1.165) is 22.2 Å². The summed E-state index contributed by atoms with van der Waals surface area (Å²) in [6.07, 6.45) is 2.86. The van der Waals surface area contributed by atoms with Gasteiger partial charge < -0.3 is 24.6 Å². The predicted octanol–water partition coefficient (Wildman–Crippen LogP) is 5.18. The molecule has 1 atom stereocenters. The van der Waals surface area contributed by atoms with Gasteiger partial charge in [0, 0.05) is 43.7 Å². The van der Waals surface area contributed by atoms with Crippen LogP contribution in [0.1, 0.15) is 43.8 Å². The van der Waals surface area contributed by atoms with Gasteiger partial charge in [-0.3, -0.25) is 14.7 Å². The minimum absolute atomic E-state index is 0.00396. The summed E-state index contributed by atoms with van der Waals surface area (Å²) < 4.78 is 51.5. The Morgan fingerprint density at radius 2 is 1.83 bits per heavy atom. The number of carboxylic acid groups (broad SMARTS) is 1. The van der Waals surface area contributed by atoms with Crippen molar-refractivity contribution >= 4 is 22.6 Å². The number of likely N-dealkylation sites (tertiary alicyclic amines) is 1. The minimum atomic E-state index is -1.10. The zero-order valence-corrected chi connectivity index (χ0v) is 23.5. The summed E-state index contributed by atoms with van der Waals surface area (Å²) in [4.78, 5) is 20.3. The van der Waals surface area contributed by atoms with Crippen LogP contribution in [0.4, 0.5) is 18.9 Å². The van der Waals surface area contributed by atoms with Crippen LogP contribution in [0.5, 0.6) is 11.5 Å². The highest BCUT2D eigenvalue weighted by molar-refractivity contribution is 5.88. The Morgan fingerprint density at radius 1 is 1.15 bits per heavy atom. The van der Waals surface area contributed by atoms with Crippen molar-refractivity contribution in [1.29, 1.82) is 0 Å². The number of fused-ring (bicyclic) bond motifs is 1. The van der Waals surface area contributed by atoms with Gasteiger partial charge in [0.05, 0.1) is 37.0 Å². The van der Waals surface area contributed by atoms with E-state index < -0.39 is 40.7 Å². The number of rotatable bonds is 12. The number of pyridine rings is 1. The van der Waals surface area contributed by atoms with Crippen LogP contribution in [0, 0.1) is 22.9 Å². The second kappa shape index (κ2) is 12.9. The largest absolute Gasteiger partial charge is 0.497 e. The van der Waals surface area contributed by atoms with E-state index in [4.69, 9.17) is 9.47 Å². The Bertz CT molecular complexity index is 1360. The number of carbonyl (C=O) groups is 1. The van der Waals surface area contributed by atoms with Crippen molar-refractivity contribution in [2.24, 2.45) is 5.41 Å². The van der Waals surface area contributed by atoms with Crippen LogP contribution in [0.15, 0.2) is 36.5 Å². The van der Waals surface area contributed by atoms with E-state index in [9.17, 15) is 28.2 Å². The topological polar surface area (TPSA) is 95.4 Å². The molecule has 41 heavy (non-hydrogen) atoms. The lowest BCUT2D eigenvalue weighted by atomic mass is 9.71. The molecule has 8 nitrogen and oxygen atoms in total. The number of aliphatic hydroxyl groups is 1. The molecule has 1 aromatic heterocycles. The molecule has 1 saturated heterocycles. The van der Waals surface area contributed by atoms with Crippen molar-refractivity contribution < 1.29 is 37.7 Å². The van der Waals surface area contributed by atoms with Crippen LogP contribution < -0.4 is 14.4 Å². The Kier molecular flexibility index (Phi) is 9.60. The zero-order valence-electron chi connectivity index (χ0n) is 23.5. The smallest absolute Gasteiger partial charge is 0.303 e. The predicted molar refractivity (Wildman–Crippen MR) is 149 cm³/mol. The highest BCUT2D eigenvalue weighted by atomic mass is 19.1. The number of hydrogen-bond donors (Lipinski definition) is 2. The molecule has 0 radical (unpaired) electrons. The molecule has 11 heteroatoms. The van der Waals surface area contributed by atoms with Gasteiger partial charge in [-0.15, -0.1) is 0 Å².